The van der Waals surface area contributed by atoms with Crippen LogP contribution in [0.2, 0.25) is 0 Å². The molecule has 17 heavy (non-hydrogen) atoms. The standard InChI is InChI=1S/C13H19BrFNO/c1-9(2)16-8-13(3,17)7-10-4-11(14)6-12(15)5-10/h4-6,9,16-17H,7-8H2,1-3H3. The van der Waals surface area contributed by atoms with Crippen LogP contribution in [0.1, 0.15) is 26.3 Å². The monoisotopic (exact) mass is 303 g/mol. The summed E-state index contributed by atoms with van der Waals surface area (Å²) in [5.41, 5.74) is -0.0928. The second kappa shape index (κ2) is 5.94. The van der Waals surface area contributed by atoms with E-state index in [1.807, 2.05) is 19.9 Å². The lowest BCUT2D eigenvalue weighted by Crippen LogP contribution is -2.42. The van der Waals surface area contributed by atoms with Crippen molar-refractivity contribution in [3.63, 3.8) is 0 Å². The zero-order valence-electron chi connectivity index (χ0n) is 10.4. The van der Waals surface area contributed by atoms with Crippen LogP contribution in [0.3, 0.4) is 0 Å². The highest BCUT2D eigenvalue weighted by Gasteiger charge is 2.21. The highest BCUT2D eigenvalue weighted by molar-refractivity contribution is 9.10. The highest BCUT2D eigenvalue weighted by Crippen LogP contribution is 2.19. The number of nitrogens with one attached hydrogen (secondary N) is 1. The van der Waals surface area contributed by atoms with Gasteiger partial charge in [-0.2, -0.15) is 0 Å². The van der Waals surface area contributed by atoms with E-state index < -0.39 is 5.60 Å². The Morgan fingerprint density at radius 1 is 1.41 bits per heavy atom. The van der Waals surface area contributed by atoms with Gasteiger partial charge in [-0.3, -0.25) is 0 Å². The van der Waals surface area contributed by atoms with E-state index in [9.17, 15) is 9.50 Å². The van der Waals surface area contributed by atoms with Crippen LogP contribution in [0.25, 0.3) is 0 Å². The van der Waals surface area contributed by atoms with Gasteiger partial charge in [0.2, 0.25) is 0 Å². The van der Waals surface area contributed by atoms with Crippen molar-refractivity contribution in [2.75, 3.05) is 6.54 Å². The zero-order chi connectivity index (χ0) is 13.1. The summed E-state index contributed by atoms with van der Waals surface area (Å²) in [6, 6.07) is 5.01. The summed E-state index contributed by atoms with van der Waals surface area (Å²) < 4.78 is 13.9. The minimum absolute atomic E-state index is 0.290. The van der Waals surface area contributed by atoms with Gasteiger partial charge in [0.25, 0.3) is 0 Å². The maximum absolute atomic E-state index is 13.2. The van der Waals surface area contributed by atoms with E-state index in [0.717, 1.165) is 5.56 Å². The molecule has 1 aromatic carbocycles. The van der Waals surface area contributed by atoms with Gasteiger partial charge in [0, 0.05) is 23.5 Å². The van der Waals surface area contributed by atoms with Gasteiger partial charge in [0.05, 0.1) is 5.60 Å². The number of hydrogen-bond acceptors (Lipinski definition) is 2. The van der Waals surface area contributed by atoms with Gasteiger partial charge in [-0.1, -0.05) is 29.8 Å². The third kappa shape index (κ3) is 5.61. The van der Waals surface area contributed by atoms with E-state index >= 15 is 0 Å². The molecular formula is C13H19BrFNO. The highest BCUT2D eigenvalue weighted by atomic mass is 79.9. The van der Waals surface area contributed by atoms with Crippen molar-refractivity contribution in [2.24, 2.45) is 0 Å². The summed E-state index contributed by atoms with van der Waals surface area (Å²) in [5, 5.41) is 13.4. The minimum Gasteiger partial charge on any atom is -0.389 e. The molecule has 0 saturated heterocycles. The van der Waals surface area contributed by atoms with Crippen LogP contribution in [0.15, 0.2) is 22.7 Å². The molecule has 0 aliphatic carbocycles. The molecule has 0 heterocycles. The van der Waals surface area contributed by atoms with Crippen molar-refractivity contribution in [2.45, 2.75) is 38.8 Å². The lowest BCUT2D eigenvalue weighted by atomic mass is 9.96. The van der Waals surface area contributed by atoms with E-state index in [2.05, 4.69) is 21.2 Å². The first-order chi connectivity index (χ1) is 7.78. The molecular weight excluding hydrogens is 285 g/mol. The first-order valence-corrected chi connectivity index (χ1v) is 6.48. The minimum atomic E-state index is -0.877. The predicted molar refractivity (Wildman–Crippen MR) is 71.6 cm³/mol. The fourth-order valence-electron chi connectivity index (χ4n) is 1.64. The molecule has 0 aromatic heterocycles. The Balaban J connectivity index is 2.68. The van der Waals surface area contributed by atoms with E-state index in [1.54, 1.807) is 6.92 Å². The summed E-state index contributed by atoms with van der Waals surface area (Å²) in [4.78, 5) is 0. The van der Waals surface area contributed by atoms with Gasteiger partial charge in [-0.15, -0.1) is 0 Å². The number of rotatable bonds is 5. The smallest absolute Gasteiger partial charge is 0.124 e. The maximum Gasteiger partial charge on any atom is 0.124 e. The second-order valence-corrected chi connectivity index (χ2v) is 5.90. The molecule has 96 valence electrons. The van der Waals surface area contributed by atoms with E-state index in [0.29, 0.717) is 23.5 Å². The summed E-state index contributed by atoms with van der Waals surface area (Å²) in [6.07, 6.45) is 0.420. The first kappa shape index (κ1) is 14.6. The molecule has 2 nitrogen and oxygen atoms in total. The maximum atomic E-state index is 13.2. The number of hydrogen-bond donors (Lipinski definition) is 2. The summed E-state index contributed by atoms with van der Waals surface area (Å²) >= 11 is 3.25. The van der Waals surface area contributed by atoms with Crippen LogP contribution >= 0.6 is 15.9 Å². The molecule has 4 heteroatoms. The van der Waals surface area contributed by atoms with Gasteiger partial charge in [-0.05, 0) is 30.7 Å². The van der Waals surface area contributed by atoms with Gasteiger partial charge in [0.15, 0.2) is 0 Å². The van der Waals surface area contributed by atoms with Crippen molar-refractivity contribution in [3.8, 4) is 0 Å². The predicted octanol–water partition coefficient (Wildman–Crippen LogP) is 2.88. The zero-order valence-corrected chi connectivity index (χ0v) is 12.0. The Hall–Kier alpha value is -0.450. The fraction of sp³-hybridized carbons (Fsp3) is 0.538. The topological polar surface area (TPSA) is 32.3 Å². The number of benzene rings is 1. The molecule has 0 aliphatic rings. The molecule has 0 saturated carbocycles. The summed E-state index contributed by atoms with van der Waals surface area (Å²) in [5.74, 6) is -0.290. The van der Waals surface area contributed by atoms with Gasteiger partial charge < -0.3 is 10.4 Å². The Bertz CT molecular complexity index is 359. The molecule has 0 spiro atoms. The Labute approximate surface area is 110 Å². The van der Waals surface area contributed by atoms with Crippen molar-refractivity contribution in [1.29, 1.82) is 0 Å². The molecule has 0 aliphatic heterocycles. The Kier molecular flexibility index (Phi) is 5.10. The van der Waals surface area contributed by atoms with Crippen molar-refractivity contribution >= 4 is 15.9 Å². The molecule has 1 rings (SSSR count). The van der Waals surface area contributed by atoms with E-state index in [-0.39, 0.29) is 5.82 Å². The third-order valence-electron chi connectivity index (χ3n) is 2.40. The van der Waals surface area contributed by atoms with Crippen molar-refractivity contribution < 1.29 is 9.50 Å². The van der Waals surface area contributed by atoms with Crippen LogP contribution in [0.5, 0.6) is 0 Å². The number of halogens is 2. The Morgan fingerprint density at radius 3 is 2.59 bits per heavy atom. The van der Waals surface area contributed by atoms with Crippen molar-refractivity contribution in [1.82, 2.24) is 5.32 Å². The van der Waals surface area contributed by atoms with Crippen molar-refractivity contribution in [3.05, 3.63) is 34.1 Å². The van der Waals surface area contributed by atoms with E-state index in [1.165, 1.54) is 12.1 Å². The van der Waals surface area contributed by atoms with Crippen LogP contribution in [0, 0.1) is 5.82 Å². The molecule has 1 aromatic rings. The first-order valence-electron chi connectivity index (χ1n) is 5.69. The van der Waals surface area contributed by atoms with Crippen LogP contribution in [-0.2, 0) is 6.42 Å². The Morgan fingerprint density at radius 2 is 2.06 bits per heavy atom. The molecule has 0 amide bonds. The average molecular weight is 304 g/mol. The molecule has 2 N–H and O–H groups in total. The summed E-state index contributed by atoms with van der Waals surface area (Å²) in [7, 11) is 0. The largest absolute Gasteiger partial charge is 0.389 e. The number of aliphatic hydroxyl groups is 1. The molecule has 0 fully saturated rings. The van der Waals surface area contributed by atoms with Gasteiger partial charge in [0.1, 0.15) is 5.82 Å². The second-order valence-electron chi connectivity index (χ2n) is 4.99. The summed E-state index contributed by atoms with van der Waals surface area (Å²) in [6.45, 7) is 6.28. The third-order valence-corrected chi connectivity index (χ3v) is 2.86. The van der Waals surface area contributed by atoms with E-state index in [4.69, 9.17) is 0 Å². The lowest BCUT2D eigenvalue weighted by molar-refractivity contribution is 0.0581. The fourth-order valence-corrected chi connectivity index (χ4v) is 2.15. The SMILES string of the molecule is CC(C)NCC(C)(O)Cc1cc(F)cc(Br)c1. The molecule has 0 radical (unpaired) electrons. The molecule has 1 atom stereocenters. The quantitative estimate of drug-likeness (QED) is 0.877. The average Bonchev–Trinajstić information content (AvgIpc) is 2.12. The van der Waals surface area contributed by atoms with Gasteiger partial charge in [-0.25, -0.2) is 4.39 Å². The van der Waals surface area contributed by atoms with Gasteiger partial charge >= 0.3 is 0 Å². The van der Waals surface area contributed by atoms with Crippen LogP contribution in [-0.4, -0.2) is 23.3 Å². The molecule has 0 bridgehead atoms. The normalized spacial score (nSPS) is 15.0. The van der Waals surface area contributed by atoms with Crippen LogP contribution < -0.4 is 5.32 Å². The molecule has 1 unspecified atom stereocenters. The lowest BCUT2D eigenvalue weighted by Gasteiger charge is -2.25. The van der Waals surface area contributed by atoms with Crippen LogP contribution in [0.4, 0.5) is 4.39 Å².